The Balaban J connectivity index is 2.06. The summed E-state index contributed by atoms with van der Waals surface area (Å²) in [6.07, 6.45) is -3.19. The van der Waals surface area contributed by atoms with E-state index in [1.807, 2.05) is 0 Å². The number of imidazole rings is 1. The first-order chi connectivity index (χ1) is 12.5. The SMILES string of the molecule is CC(C(=O)O)N(C(=O)c1ccc2c(c1)nc(C(F)(F)F)n2C(C)C)C1CC1. The molecule has 1 atom stereocenters. The van der Waals surface area contributed by atoms with Gasteiger partial charge in [0.15, 0.2) is 0 Å². The summed E-state index contributed by atoms with van der Waals surface area (Å²) in [4.78, 5) is 29.1. The van der Waals surface area contributed by atoms with E-state index in [-0.39, 0.29) is 22.6 Å². The van der Waals surface area contributed by atoms with Crippen molar-refractivity contribution >= 4 is 22.9 Å². The molecule has 3 rings (SSSR count). The minimum Gasteiger partial charge on any atom is -0.480 e. The second kappa shape index (κ2) is 6.54. The zero-order valence-electron chi connectivity index (χ0n) is 15.1. The highest BCUT2D eigenvalue weighted by Crippen LogP contribution is 2.35. The van der Waals surface area contributed by atoms with Crippen molar-refractivity contribution in [2.24, 2.45) is 0 Å². The van der Waals surface area contributed by atoms with Crippen LogP contribution in [0.5, 0.6) is 0 Å². The Morgan fingerprint density at radius 2 is 1.89 bits per heavy atom. The van der Waals surface area contributed by atoms with E-state index in [0.717, 1.165) is 4.57 Å². The van der Waals surface area contributed by atoms with Crippen molar-refractivity contribution in [3.05, 3.63) is 29.6 Å². The monoisotopic (exact) mass is 383 g/mol. The van der Waals surface area contributed by atoms with Gasteiger partial charge >= 0.3 is 12.1 Å². The molecule has 0 spiro atoms. The molecule has 1 heterocycles. The smallest absolute Gasteiger partial charge is 0.449 e. The van der Waals surface area contributed by atoms with E-state index < -0.39 is 36.0 Å². The van der Waals surface area contributed by atoms with Gasteiger partial charge in [-0.1, -0.05) is 0 Å². The number of carbonyl (C=O) groups is 2. The van der Waals surface area contributed by atoms with Crippen LogP contribution in [0.3, 0.4) is 0 Å². The van der Waals surface area contributed by atoms with Gasteiger partial charge in [-0.05, 0) is 51.8 Å². The third kappa shape index (κ3) is 3.50. The number of halogens is 3. The van der Waals surface area contributed by atoms with Crippen LogP contribution >= 0.6 is 0 Å². The number of carbonyl (C=O) groups excluding carboxylic acids is 1. The first-order valence-corrected chi connectivity index (χ1v) is 8.67. The quantitative estimate of drug-likeness (QED) is 0.854. The van der Waals surface area contributed by atoms with Gasteiger partial charge in [0.25, 0.3) is 5.91 Å². The number of hydrogen-bond donors (Lipinski definition) is 1. The highest BCUT2D eigenvalue weighted by molar-refractivity contribution is 5.99. The number of nitrogens with zero attached hydrogens (tertiary/aromatic N) is 3. The van der Waals surface area contributed by atoms with Crippen molar-refractivity contribution in [1.29, 1.82) is 0 Å². The summed E-state index contributed by atoms with van der Waals surface area (Å²) in [5.74, 6) is -2.66. The van der Waals surface area contributed by atoms with Crippen LogP contribution in [0.2, 0.25) is 0 Å². The maximum absolute atomic E-state index is 13.3. The number of carboxylic acid groups (broad SMARTS) is 1. The fraction of sp³-hybridized carbons (Fsp3) is 0.500. The normalized spacial score (nSPS) is 16.0. The lowest BCUT2D eigenvalue weighted by atomic mass is 10.1. The Kier molecular flexibility index (Phi) is 4.65. The molecule has 1 unspecified atom stereocenters. The predicted molar refractivity (Wildman–Crippen MR) is 91.4 cm³/mol. The number of fused-ring (bicyclic) bond motifs is 1. The molecular formula is C18H20F3N3O3. The van der Waals surface area contributed by atoms with E-state index >= 15 is 0 Å². The predicted octanol–water partition coefficient (Wildman–Crippen LogP) is 3.71. The molecule has 1 aromatic carbocycles. The first kappa shape index (κ1) is 19.2. The molecule has 27 heavy (non-hydrogen) atoms. The molecular weight excluding hydrogens is 363 g/mol. The molecule has 146 valence electrons. The number of benzene rings is 1. The largest absolute Gasteiger partial charge is 0.480 e. The van der Waals surface area contributed by atoms with Crippen LogP contribution in [0.4, 0.5) is 13.2 Å². The molecule has 1 saturated carbocycles. The van der Waals surface area contributed by atoms with Crippen molar-refractivity contribution in [2.45, 2.75) is 57.9 Å². The topological polar surface area (TPSA) is 75.4 Å². The van der Waals surface area contributed by atoms with Gasteiger partial charge in [-0.3, -0.25) is 4.79 Å². The molecule has 2 aromatic rings. The van der Waals surface area contributed by atoms with Crippen molar-refractivity contribution in [3.63, 3.8) is 0 Å². The Hall–Kier alpha value is -2.58. The molecule has 1 fully saturated rings. The molecule has 0 radical (unpaired) electrons. The zero-order chi connectivity index (χ0) is 20.1. The summed E-state index contributed by atoms with van der Waals surface area (Å²) in [6.45, 7) is 4.67. The van der Waals surface area contributed by atoms with Crippen LogP contribution in [0.25, 0.3) is 11.0 Å². The second-order valence-electron chi connectivity index (χ2n) is 7.06. The molecule has 0 bridgehead atoms. The fourth-order valence-electron chi connectivity index (χ4n) is 3.23. The highest BCUT2D eigenvalue weighted by atomic mass is 19.4. The Labute approximate surface area is 153 Å². The molecule has 0 saturated heterocycles. The van der Waals surface area contributed by atoms with Crippen molar-refractivity contribution in [1.82, 2.24) is 14.5 Å². The Morgan fingerprint density at radius 3 is 2.37 bits per heavy atom. The number of amides is 1. The van der Waals surface area contributed by atoms with E-state index in [4.69, 9.17) is 0 Å². The number of carboxylic acids is 1. The maximum atomic E-state index is 13.3. The standard InChI is InChI=1S/C18H20F3N3O3/c1-9(2)23-14-7-4-11(8-13(14)22-17(23)18(19,20)21)15(25)24(12-5-6-12)10(3)16(26)27/h4,7-10,12H,5-6H2,1-3H3,(H,26,27). The van der Waals surface area contributed by atoms with Crippen LogP contribution in [-0.4, -0.2) is 43.5 Å². The molecule has 6 nitrogen and oxygen atoms in total. The van der Waals surface area contributed by atoms with E-state index in [1.54, 1.807) is 13.8 Å². The number of alkyl halides is 3. The van der Waals surface area contributed by atoms with Gasteiger partial charge in [-0.15, -0.1) is 0 Å². The third-order valence-electron chi connectivity index (χ3n) is 4.66. The van der Waals surface area contributed by atoms with Crippen LogP contribution < -0.4 is 0 Å². The molecule has 1 amide bonds. The maximum Gasteiger partial charge on any atom is 0.449 e. The highest BCUT2D eigenvalue weighted by Gasteiger charge is 2.40. The minimum absolute atomic E-state index is 0.0561. The van der Waals surface area contributed by atoms with Crippen molar-refractivity contribution in [3.8, 4) is 0 Å². The number of aliphatic carboxylic acids is 1. The number of aromatic nitrogens is 2. The average molecular weight is 383 g/mol. The lowest BCUT2D eigenvalue weighted by molar-refractivity contribution is -0.147. The van der Waals surface area contributed by atoms with Crippen molar-refractivity contribution in [2.75, 3.05) is 0 Å². The average Bonchev–Trinajstić information content (AvgIpc) is 3.31. The Morgan fingerprint density at radius 1 is 1.26 bits per heavy atom. The lowest BCUT2D eigenvalue weighted by Crippen LogP contribution is -2.44. The summed E-state index contributed by atoms with van der Waals surface area (Å²) >= 11 is 0. The molecule has 1 aliphatic carbocycles. The molecule has 1 aliphatic rings. The van der Waals surface area contributed by atoms with Crippen LogP contribution in [0.1, 0.15) is 55.8 Å². The zero-order valence-corrected chi connectivity index (χ0v) is 15.1. The minimum atomic E-state index is -4.62. The summed E-state index contributed by atoms with van der Waals surface area (Å²) in [6, 6.07) is 2.52. The van der Waals surface area contributed by atoms with Gasteiger partial charge in [0, 0.05) is 17.6 Å². The van der Waals surface area contributed by atoms with Gasteiger partial charge in [0.05, 0.1) is 11.0 Å². The number of hydrogen-bond acceptors (Lipinski definition) is 3. The summed E-state index contributed by atoms with van der Waals surface area (Å²) < 4.78 is 41.0. The molecule has 1 N–H and O–H groups in total. The van der Waals surface area contributed by atoms with Gasteiger partial charge in [-0.2, -0.15) is 13.2 Å². The van der Waals surface area contributed by atoms with Gasteiger partial charge in [0.2, 0.25) is 5.82 Å². The molecule has 0 aliphatic heterocycles. The fourth-order valence-corrected chi connectivity index (χ4v) is 3.23. The van der Waals surface area contributed by atoms with Crippen LogP contribution in [0.15, 0.2) is 18.2 Å². The third-order valence-corrected chi connectivity index (χ3v) is 4.66. The Bertz CT molecular complexity index is 900. The number of rotatable bonds is 5. The summed E-state index contributed by atoms with van der Waals surface area (Å²) in [5.41, 5.74) is 0.461. The lowest BCUT2D eigenvalue weighted by Gasteiger charge is -2.26. The van der Waals surface area contributed by atoms with E-state index in [9.17, 15) is 27.9 Å². The van der Waals surface area contributed by atoms with Crippen LogP contribution in [-0.2, 0) is 11.0 Å². The molecule has 1 aromatic heterocycles. The van der Waals surface area contributed by atoms with E-state index in [2.05, 4.69) is 4.98 Å². The van der Waals surface area contributed by atoms with Crippen LogP contribution in [0, 0.1) is 0 Å². The van der Waals surface area contributed by atoms with Gasteiger partial charge in [-0.25, -0.2) is 9.78 Å². The molecule has 9 heteroatoms. The second-order valence-corrected chi connectivity index (χ2v) is 7.06. The first-order valence-electron chi connectivity index (χ1n) is 8.67. The van der Waals surface area contributed by atoms with E-state index in [0.29, 0.717) is 12.8 Å². The van der Waals surface area contributed by atoms with E-state index in [1.165, 1.54) is 30.0 Å². The summed E-state index contributed by atoms with van der Waals surface area (Å²) in [7, 11) is 0. The van der Waals surface area contributed by atoms with Gasteiger partial charge < -0.3 is 14.6 Å². The van der Waals surface area contributed by atoms with Gasteiger partial charge in [0.1, 0.15) is 6.04 Å². The summed E-state index contributed by atoms with van der Waals surface area (Å²) in [5, 5.41) is 9.25. The van der Waals surface area contributed by atoms with Crippen molar-refractivity contribution < 1.29 is 27.9 Å².